The zero-order valence-electron chi connectivity index (χ0n) is 24.4. The van der Waals surface area contributed by atoms with E-state index < -0.39 is 25.0 Å². The third-order valence-electron chi connectivity index (χ3n) is 9.96. The molecular formula is C28H56O3Si3. The van der Waals surface area contributed by atoms with Crippen LogP contribution >= 0.6 is 0 Å². The Labute approximate surface area is 214 Å². The molecule has 0 radical (unpaired) electrons. The van der Waals surface area contributed by atoms with Gasteiger partial charge < -0.3 is 13.3 Å². The number of fused-ring (bicyclic) bond motifs is 5. The zero-order valence-corrected chi connectivity index (χ0v) is 27.4. The zero-order chi connectivity index (χ0) is 25.3. The lowest BCUT2D eigenvalue weighted by atomic mass is 9.44. The maximum Gasteiger partial charge on any atom is 0.184 e. The van der Waals surface area contributed by atoms with Gasteiger partial charge in [0.15, 0.2) is 25.0 Å². The van der Waals surface area contributed by atoms with Crippen molar-refractivity contribution >= 4 is 25.0 Å². The van der Waals surface area contributed by atoms with Gasteiger partial charge in [-0.1, -0.05) is 13.8 Å². The molecule has 4 saturated carbocycles. The summed E-state index contributed by atoms with van der Waals surface area (Å²) < 4.78 is 20.8. The molecule has 9 atom stereocenters. The van der Waals surface area contributed by atoms with Crippen LogP contribution in [0.1, 0.15) is 65.2 Å². The average Bonchev–Trinajstić information content (AvgIpc) is 2.93. The van der Waals surface area contributed by atoms with Crippen LogP contribution in [0.25, 0.3) is 0 Å². The van der Waals surface area contributed by atoms with Crippen LogP contribution in [0, 0.1) is 34.5 Å². The predicted molar refractivity (Wildman–Crippen MR) is 152 cm³/mol. The SMILES string of the molecule is C[C@]12C[C@H](O[Si](C)(C)C)C3C(CC[C@H]4C[C@H](O[Si](C)(C)C)CC[C@]34C)C1CC[C@@H]2O[Si](C)(C)C. The molecule has 0 heterocycles. The summed E-state index contributed by atoms with van der Waals surface area (Å²) in [5.41, 5.74) is 0.693. The molecular weight excluding hydrogens is 469 g/mol. The first-order valence-corrected chi connectivity index (χ1v) is 24.7. The van der Waals surface area contributed by atoms with Crippen LogP contribution in [0.4, 0.5) is 0 Å². The topological polar surface area (TPSA) is 27.7 Å². The van der Waals surface area contributed by atoms with Crippen LogP contribution in [-0.4, -0.2) is 43.3 Å². The highest BCUT2D eigenvalue weighted by atomic mass is 28.4. The molecule has 0 bridgehead atoms. The van der Waals surface area contributed by atoms with Crippen LogP contribution in [0.5, 0.6) is 0 Å². The molecule has 34 heavy (non-hydrogen) atoms. The van der Waals surface area contributed by atoms with Crippen LogP contribution in [0.3, 0.4) is 0 Å². The highest BCUT2D eigenvalue weighted by Crippen LogP contribution is 2.67. The highest BCUT2D eigenvalue weighted by molar-refractivity contribution is 6.70. The quantitative estimate of drug-likeness (QED) is 0.327. The van der Waals surface area contributed by atoms with Crippen molar-refractivity contribution in [1.29, 1.82) is 0 Å². The fourth-order valence-corrected chi connectivity index (χ4v) is 12.6. The second-order valence-corrected chi connectivity index (χ2v) is 29.4. The van der Waals surface area contributed by atoms with E-state index in [1.54, 1.807) is 0 Å². The van der Waals surface area contributed by atoms with Crippen molar-refractivity contribution in [2.24, 2.45) is 34.5 Å². The van der Waals surface area contributed by atoms with E-state index in [4.69, 9.17) is 13.3 Å². The number of rotatable bonds is 6. The van der Waals surface area contributed by atoms with E-state index in [1.807, 2.05) is 0 Å². The normalized spacial score (nSPS) is 45.4. The lowest BCUT2D eigenvalue weighted by molar-refractivity contribution is -0.176. The summed E-state index contributed by atoms with van der Waals surface area (Å²) in [7, 11) is -4.71. The minimum atomic E-state index is -1.65. The Hall–Kier alpha value is 0.531. The van der Waals surface area contributed by atoms with Gasteiger partial charge in [-0.15, -0.1) is 0 Å². The summed E-state index contributed by atoms with van der Waals surface area (Å²) >= 11 is 0. The first-order chi connectivity index (χ1) is 15.4. The van der Waals surface area contributed by atoms with E-state index in [-0.39, 0.29) is 5.41 Å². The molecule has 0 aliphatic heterocycles. The summed E-state index contributed by atoms with van der Waals surface area (Å²) in [5.74, 6) is 3.14. The largest absolute Gasteiger partial charge is 0.415 e. The van der Waals surface area contributed by atoms with Crippen molar-refractivity contribution in [3.05, 3.63) is 0 Å². The van der Waals surface area contributed by atoms with E-state index in [0.29, 0.717) is 23.7 Å². The van der Waals surface area contributed by atoms with Gasteiger partial charge >= 0.3 is 0 Å². The van der Waals surface area contributed by atoms with Gasteiger partial charge in [0.2, 0.25) is 0 Å². The summed E-state index contributed by atoms with van der Waals surface area (Å²) in [6.45, 7) is 26.7. The monoisotopic (exact) mass is 524 g/mol. The van der Waals surface area contributed by atoms with Crippen LogP contribution in [-0.2, 0) is 13.3 Å². The lowest BCUT2D eigenvalue weighted by Gasteiger charge is -2.64. The highest BCUT2D eigenvalue weighted by Gasteiger charge is 2.64. The van der Waals surface area contributed by atoms with Crippen LogP contribution in [0.15, 0.2) is 0 Å². The van der Waals surface area contributed by atoms with E-state index in [9.17, 15) is 0 Å². The molecule has 4 rings (SSSR count). The van der Waals surface area contributed by atoms with Crippen molar-refractivity contribution < 1.29 is 13.3 Å². The van der Waals surface area contributed by atoms with E-state index in [2.05, 4.69) is 72.8 Å². The third-order valence-corrected chi connectivity index (χ3v) is 13.0. The Morgan fingerprint density at radius 1 is 0.647 bits per heavy atom. The smallest absolute Gasteiger partial charge is 0.184 e. The molecule has 3 nitrogen and oxygen atoms in total. The van der Waals surface area contributed by atoms with E-state index >= 15 is 0 Å². The summed E-state index contributed by atoms with van der Waals surface area (Å²) in [5, 5.41) is 0. The first kappa shape index (κ1) is 27.6. The molecule has 0 aromatic rings. The maximum absolute atomic E-state index is 7.19. The summed E-state index contributed by atoms with van der Waals surface area (Å²) in [4.78, 5) is 0. The number of hydrogen-bond donors (Lipinski definition) is 0. The Bertz CT molecular complexity index is 739. The van der Waals surface area contributed by atoms with Crippen molar-refractivity contribution in [3.8, 4) is 0 Å². The second kappa shape index (κ2) is 9.07. The molecule has 0 saturated heterocycles. The van der Waals surface area contributed by atoms with Crippen LogP contribution in [0.2, 0.25) is 58.9 Å². The molecule has 0 amide bonds. The molecule has 4 fully saturated rings. The molecule has 4 aliphatic rings. The van der Waals surface area contributed by atoms with Gasteiger partial charge in [-0.3, -0.25) is 0 Å². The van der Waals surface area contributed by atoms with Gasteiger partial charge in [-0.2, -0.15) is 0 Å². The second-order valence-electron chi connectivity index (χ2n) is 16.0. The van der Waals surface area contributed by atoms with Gasteiger partial charge in [-0.05, 0) is 145 Å². The molecule has 0 N–H and O–H groups in total. The fraction of sp³-hybridized carbons (Fsp3) is 1.00. The molecule has 0 aromatic heterocycles. The minimum Gasteiger partial charge on any atom is -0.415 e. The molecule has 198 valence electrons. The Kier molecular flexibility index (Phi) is 7.36. The predicted octanol–water partition coefficient (Wildman–Crippen LogP) is 8.30. The average molecular weight is 525 g/mol. The maximum atomic E-state index is 7.19. The molecule has 0 aromatic carbocycles. The minimum absolute atomic E-state index is 0.285. The van der Waals surface area contributed by atoms with Crippen molar-refractivity contribution in [1.82, 2.24) is 0 Å². The van der Waals surface area contributed by atoms with Crippen LogP contribution < -0.4 is 0 Å². The Morgan fingerprint density at radius 2 is 1.26 bits per heavy atom. The lowest BCUT2D eigenvalue weighted by Crippen LogP contribution is -2.62. The summed E-state index contributed by atoms with van der Waals surface area (Å²) in [6.07, 6.45) is 11.9. The molecule has 0 spiro atoms. The van der Waals surface area contributed by atoms with E-state index in [1.165, 1.54) is 51.4 Å². The van der Waals surface area contributed by atoms with Crippen molar-refractivity contribution in [2.75, 3.05) is 0 Å². The van der Waals surface area contributed by atoms with Gasteiger partial charge in [-0.25, -0.2) is 0 Å². The third kappa shape index (κ3) is 5.52. The summed E-state index contributed by atoms with van der Waals surface area (Å²) in [6, 6.07) is 0. The Balaban J connectivity index is 1.64. The van der Waals surface area contributed by atoms with Gasteiger partial charge in [0.05, 0.1) is 6.10 Å². The van der Waals surface area contributed by atoms with Gasteiger partial charge in [0.25, 0.3) is 0 Å². The number of hydrogen-bond acceptors (Lipinski definition) is 3. The molecule has 4 aliphatic carbocycles. The van der Waals surface area contributed by atoms with E-state index in [0.717, 1.165) is 23.7 Å². The first-order valence-electron chi connectivity index (χ1n) is 14.4. The van der Waals surface area contributed by atoms with Gasteiger partial charge in [0, 0.05) is 12.2 Å². The fourth-order valence-electron chi connectivity index (χ4n) is 9.05. The molecule has 3 unspecified atom stereocenters. The van der Waals surface area contributed by atoms with Crippen molar-refractivity contribution in [2.45, 2.75) is 142 Å². The Morgan fingerprint density at radius 3 is 1.85 bits per heavy atom. The van der Waals surface area contributed by atoms with Gasteiger partial charge in [0.1, 0.15) is 0 Å². The molecule has 6 heteroatoms. The van der Waals surface area contributed by atoms with Crippen molar-refractivity contribution in [3.63, 3.8) is 0 Å². The standard InChI is InChI=1S/C28H56O3Si3/c1-27-17-16-21(29-32(3,4)5)18-20(27)12-13-22-23-14-15-25(31-34(9,10)11)28(23,2)19-24(26(22)27)30-33(6,7)8/h20-26H,12-19H2,1-11H3/t20-,21+,22?,23?,24-,25-,26?,27-,28-/m0/s1.